The summed E-state index contributed by atoms with van der Waals surface area (Å²) in [5.41, 5.74) is 3.28. The molecule has 5 atom stereocenters. The molecule has 1 spiro atoms. The molecule has 1 unspecified atom stereocenters. The normalized spacial score (nSPS) is 20.4. The number of nitrogens with zero attached hydrogens (tertiary/aromatic N) is 5. The first kappa shape index (κ1) is 40.7. The van der Waals surface area contributed by atoms with Crippen LogP contribution in [0.1, 0.15) is 41.6 Å². The van der Waals surface area contributed by atoms with E-state index in [1.807, 2.05) is 101 Å². The van der Waals surface area contributed by atoms with E-state index < -0.39 is 13.7 Å². The van der Waals surface area contributed by atoms with E-state index in [9.17, 15) is 9.90 Å². The van der Waals surface area contributed by atoms with Gasteiger partial charge in [0.05, 0.1) is 66.0 Å². The maximum absolute atomic E-state index is 15.4. The van der Waals surface area contributed by atoms with Crippen molar-refractivity contribution in [3.63, 3.8) is 0 Å². The molecule has 310 valence electrons. The lowest BCUT2D eigenvalue weighted by molar-refractivity contribution is -0.146. The Kier molecular flexibility index (Phi) is 11.2. The molecule has 0 aliphatic carbocycles. The van der Waals surface area contributed by atoms with E-state index in [1.54, 1.807) is 32.5 Å². The first-order valence-electron chi connectivity index (χ1n) is 20.3. The molecular formula is C47H51N5O7Si. The molecule has 0 saturated carbocycles. The van der Waals surface area contributed by atoms with Gasteiger partial charge in [0.2, 0.25) is 0 Å². The van der Waals surface area contributed by atoms with E-state index in [4.69, 9.17) is 18.9 Å². The Bertz CT molecular complexity index is 2520. The van der Waals surface area contributed by atoms with E-state index in [2.05, 4.69) is 42.5 Å². The number of carbonyl (C=O) groups excluding carboxylic acids is 1. The number of methoxy groups -OCH3 is 3. The molecule has 1 fully saturated rings. The molecule has 4 aromatic carbocycles. The number of hydrogen-bond acceptors (Lipinski definition) is 9. The van der Waals surface area contributed by atoms with Crippen LogP contribution in [0.4, 0.5) is 5.69 Å². The van der Waals surface area contributed by atoms with Crippen LogP contribution in [0.5, 0.6) is 17.2 Å². The fourth-order valence-electron chi connectivity index (χ4n) is 9.52. The summed E-state index contributed by atoms with van der Waals surface area (Å²) in [7, 11) is 2.36. The minimum atomic E-state index is -2.42. The van der Waals surface area contributed by atoms with E-state index in [0.717, 1.165) is 28.1 Å². The zero-order valence-corrected chi connectivity index (χ0v) is 35.8. The van der Waals surface area contributed by atoms with Gasteiger partial charge in [-0.25, -0.2) is 0 Å². The summed E-state index contributed by atoms with van der Waals surface area (Å²) < 4.78 is 27.3. The lowest BCUT2D eigenvalue weighted by atomic mass is 9.82. The largest absolute Gasteiger partial charge is 0.497 e. The van der Waals surface area contributed by atoms with Gasteiger partial charge in [-0.05, 0) is 77.7 Å². The van der Waals surface area contributed by atoms with Crippen LogP contribution >= 0.6 is 0 Å². The quantitative estimate of drug-likeness (QED) is 0.124. The van der Waals surface area contributed by atoms with Gasteiger partial charge >= 0.3 is 0 Å². The van der Waals surface area contributed by atoms with Gasteiger partial charge in [-0.3, -0.25) is 18.8 Å². The topological polar surface area (TPSA) is 130 Å². The summed E-state index contributed by atoms with van der Waals surface area (Å²) in [6.07, 6.45) is 3.88. The highest BCUT2D eigenvalue weighted by molar-refractivity contribution is 6.91. The van der Waals surface area contributed by atoms with E-state index in [1.165, 1.54) is 16.9 Å². The summed E-state index contributed by atoms with van der Waals surface area (Å²) in [6.45, 7) is 7.61. The van der Waals surface area contributed by atoms with Crippen LogP contribution < -0.4 is 29.9 Å². The second-order valence-electron chi connectivity index (χ2n) is 16.2. The first-order chi connectivity index (χ1) is 29.0. The smallest absolute Gasteiger partial charge is 0.297 e. The highest BCUT2D eigenvalue weighted by Gasteiger charge is 2.66. The third-order valence-electron chi connectivity index (χ3n) is 12.7. The van der Waals surface area contributed by atoms with Gasteiger partial charge in [0.1, 0.15) is 11.5 Å². The molecule has 2 aliphatic rings. The Balaban J connectivity index is 1.14. The Morgan fingerprint density at radius 1 is 0.867 bits per heavy atom. The van der Waals surface area contributed by atoms with E-state index in [-0.39, 0.29) is 47.3 Å². The number of aryl methyl sites for hydroxylation is 1. The van der Waals surface area contributed by atoms with Crippen molar-refractivity contribution < 1.29 is 28.8 Å². The van der Waals surface area contributed by atoms with Gasteiger partial charge < -0.3 is 29.0 Å². The van der Waals surface area contributed by atoms with Crippen molar-refractivity contribution in [3.8, 4) is 22.9 Å². The van der Waals surface area contributed by atoms with Gasteiger partial charge in [-0.1, -0.05) is 85.0 Å². The monoisotopic (exact) mass is 825 g/mol. The summed E-state index contributed by atoms with van der Waals surface area (Å²) >= 11 is 0. The molecule has 2 aliphatic heterocycles. The van der Waals surface area contributed by atoms with Gasteiger partial charge in [0.15, 0.2) is 11.4 Å². The minimum absolute atomic E-state index is 0.00630. The standard InChI is InChI=1S/C47H51N5O7Si/c1-31-44(60(5,6)37-21-18-35(56-2)19-22-37)42(24-26-50-29-40(48-49-50)38(30-53)33-11-8-7-9-12-33)59-47(31)39-27-36(57-3)20-23-41(39)52(46(47)55)28-32-14-16-34(17-15-32)51-25-10-13-43(58-4)45(51)54/h7-23,25,27,29,31,38,42,44,53H,24,26,28,30H2,1-6H3/t31-,38?,42+,44-,47+/m1/s1. The van der Waals surface area contributed by atoms with Crippen LogP contribution in [0.2, 0.25) is 18.6 Å². The zero-order valence-electron chi connectivity index (χ0n) is 34.8. The van der Waals surface area contributed by atoms with Crippen molar-refractivity contribution in [2.75, 3.05) is 32.8 Å². The van der Waals surface area contributed by atoms with Gasteiger partial charge in [-0.2, -0.15) is 0 Å². The summed E-state index contributed by atoms with van der Waals surface area (Å²) in [4.78, 5) is 30.2. The highest BCUT2D eigenvalue weighted by Crippen LogP contribution is 2.60. The Hall–Kier alpha value is -6.02. The third-order valence-corrected chi connectivity index (χ3v) is 17.0. The number of amides is 1. The van der Waals surface area contributed by atoms with Crippen molar-refractivity contribution in [3.05, 3.63) is 154 Å². The van der Waals surface area contributed by atoms with Gasteiger partial charge in [0, 0.05) is 36.1 Å². The van der Waals surface area contributed by atoms with Crippen LogP contribution in [-0.4, -0.2) is 72.7 Å². The third kappa shape index (κ3) is 7.09. The molecule has 0 radical (unpaired) electrons. The van der Waals surface area contributed by atoms with Gasteiger partial charge in [-0.15, -0.1) is 5.10 Å². The number of fused-ring (bicyclic) bond motifs is 2. The van der Waals surface area contributed by atoms with E-state index >= 15 is 4.79 Å². The molecule has 1 N–H and O–H groups in total. The Labute approximate surface area is 350 Å². The molecular weight excluding hydrogens is 775 g/mol. The van der Waals surface area contributed by atoms with Crippen molar-refractivity contribution >= 4 is 24.9 Å². The van der Waals surface area contributed by atoms with Crippen LogP contribution in [0.3, 0.4) is 0 Å². The maximum Gasteiger partial charge on any atom is 0.297 e. The number of benzene rings is 4. The second kappa shape index (κ2) is 16.6. The molecule has 0 bridgehead atoms. The van der Waals surface area contributed by atoms with Crippen molar-refractivity contribution in [2.24, 2.45) is 5.92 Å². The lowest BCUT2D eigenvalue weighted by Crippen LogP contribution is -2.51. The molecule has 2 aromatic heterocycles. The summed E-state index contributed by atoms with van der Waals surface area (Å²) in [5, 5.41) is 20.6. The molecule has 12 nitrogen and oxygen atoms in total. The number of aromatic nitrogens is 4. The predicted molar refractivity (Wildman–Crippen MR) is 232 cm³/mol. The molecule has 1 amide bonds. The van der Waals surface area contributed by atoms with Crippen LogP contribution in [0.25, 0.3) is 5.69 Å². The predicted octanol–water partition coefficient (Wildman–Crippen LogP) is 6.43. The molecule has 1 saturated heterocycles. The van der Waals surface area contributed by atoms with Crippen molar-refractivity contribution in [1.29, 1.82) is 0 Å². The number of aliphatic hydroxyl groups excluding tert-OH is 1. The fourth-order valence-corrected chi connectivity index (χ4v) is 13.6. The van der Waals surface area contributed by atoms with Crippen LogP contribution in [0.15, 0.2) is 126 Å². The molecule has 8 rings (SSSR count). The zero-order chi connectivity index (χ0) is 42.2. The number of rotatable bonds is 14. The maximum atomic E-state index is 15.4. The number of pyridine rings is 1. The average molecular weight is 826 g/mol. The summed E-state index contributed by atoms with van der Waals surface area (Å²) in [6, 6.07) is 35.0. The van der Waals surface area contributed by atoms with Crippen molar-refractivity contribution in [1.82, 2.24) is 19.6 Å². The molecule has 13 heteroatoms. The molecule has 6 aromatic rings. The average Bonchev–Trinajstić information content (AvgIpc) is 3.93. The second-order valence-corrected chi connectivity index (χ2v) is 20.9. The van der Waals surface area contributed by atoms with Gasteiger partial charge in [0.25, 0.3) is 11.5 Å². The number of hydrogen-bond donors (Lipinski definition) is 1. The number of ether oxygens (including phenoxy) is 4. The number of anilines is 1. The Morgan fingerprint density at radius 2 is 1.58 bits per heavy atom. The number of carbonyl (C=O) groups is 1. The number of aliphatic hydroxyl groups is 1. The molecule has 4 heterocycles. The Morgan fingerprint density at radius 3 is 2.27 bits per heavy atom. The highest BCUT2D eigenvalue weighted by atomic mass is 28.3. The van der Waals surface area contributed by atoms with Crippen LogP contribution in [-0.2, 0) is 28.2 Å². The fraction of sp³-hybridized carbons (Fsp3) is 0.319. The minimum Gasteiger partial charge on any atom is -0.497 e. The van der Waals surface area contributed by atoms with Crippen molar-refractivity contribution in [2.45, 2.75) is 62.7 Å². The molecule has 60 heavy (non-hydrogen) atoms. The summed E-state index contributed by atoms with van der Waals surface area (Å²) in [5.74, 6) is 1.05. The first-order valence-corrected chi connectivity index (χ1v) is 23.3. The van der Waals surface area contributed by atoms with E-state index in [0.29, 0.717) is 36.6 Å². The SMILES string of the molecule is COc1ccc([Si](C)(C)[C@H]2[C@H](CCn3cc(C(CO)c4ccccc4)nn3)O[C@@]3(C(=O)N(Cc4ccc(-n5cccc(OC)c5=O)cc4)c4ccc(OC)cc43)[C@@H]2C)cc1. The van der Waals surface area contributed by atoms with Crippen LogP contribution in [0, 0.1) is 5.92 Å². The lowest BCUT2D eigenvalue weighted by Gasteiger charge is -2.37.